The molecular weight excluding hydrogens is 302 g/mol. The van der Waals surface area contributed by atoms with Crippen LogP contribution in [0, 0.1) is 6.92 Å². The molecule has 0 amide bonds. The van der Waals surface area contributed by atoms with E-state index in [0.29, 0.717) is 10.6 Å². The molecule has 1 aromatic heterocycles. The molecule has 0 aliphatic rings. The molecule has 2 N–H and O–H groups in total. The summed E-state index contributed by atoms with van der Waals surface area (Å²) < 4.78 is 6.18. The number of carbonyl (C=O) groups excluding carboxylic acids is 1. The topological polar surface area (TPSA) is 79.7 Å². The standard InChI is InChI=1S/C16H13NO4S/c1-9-6-7-10(15(19)14(9)18)16(20)21-8-13-17-11-4-2-3-5-12(11)22-13/h2-7,18-19H,8H2,1H3. The predicted octanol–water partition coefficient (Wildman–Crippen LogP) is 3.37. The number of aromatic nitrogens is 1. The molecule has 2 aromatic carbocycles. The summed E-state index contributed by atoms with van der Waals surface area (Å²) in [6.45, 7) is 1.65. The van der Waals surface area contributed by atoms with E-state index in [1.165, 1.54) is 17.4 Å². The van der Waals surface area contributed by atoms with Crippen LogP contribution in [0.15, 0.2) is 36.4 Å². The van der Waals surface area contributed by atoms with Crippen molar-refractivity contribution in [2.45, 2.75) is 13.5 Å². The van der Waals surface area contributed by atoms with Gasteiger partial charge in [-0.25, -0.2) is 9.78 Å². The molecule has 5 nitrogen and oxygen atoms in total. The van der Waals surface area contributed by atoms with Crippen LogP contribution < -0.4 is 0 Å². The van der Waals surface area contributed by atoms with Crippen molar-refractivity contribution in [3.63, 3.8) is 0 Å². The zero-order chi connectivity index (χ0) is 15.7. The third-order valence-electron chi connectivity index (χ3n) is 3.24. The number of phenols is 2. The lowest BCUT2D eigenvalue weighted by molar-refractivity contribution is 0.0468. The van der Waals surface area contributed by atoms with Crippen molar-refractivity contribution >= 4 is 27.5 Å². The number of rotatable bonds is 3. The SMILES string of the molecule is Cc1ccc(C(=O)OCc2nc3ccccc3s2)c(O)c1O. The van der Waals surface area contributed by atoms with Crippen LogP contribution in [0.3, 0.4) is 0 Å². The lowest BCUT2D eigenvalue weighted by Gasteiger charge is -2.07. The van der Waals surface area contributed by atoms with Gasteiger partial charge in [-0.05, 0) is 30.7 Å². The molecule has 6 heteroatoms. The van der Waals surface area contributed by atoms with E-state index in [9.17, 15) is 15.0 Å². The minimum Gasteiger partial charge on any atom is -0.504 e. The Morgan fingerprint density at radius 3 is 2.73 bits per heavy atom. The van der Waals surface area contributed by atoms with Crippen molar-refractivity contribution in [3.05, 3.63) is 52.5 Å². The Morgan fingerprint density at radius 2 is 1.95 bits per heavy atom. The molecule has 0 saturated heterocycles. The van der Waals surface area contributed by atoms with Crippen LogP contribution in [0.5, 0.6) is 11.5 Å². The highest BCUT2D eigenvalue weighted by atomic mass is 32.1. The van der Waals surface area contributed by atoms with Gasteiger partial charge in [0.05, 0.1) is 10.2 Å². The zero-order valence-electron chi connectivity index (χ0n) is 11.7. The van der Waals surface area contributed by atoms with E-state index in [-0.39, 0.29) is 17.9 Å². The maximum Gasteiger partial charge on any atom is 0.342 e. The first-order valence-corrected chi connectivity index (χ1v) is 7.41. The van der Waals surface area contributed by atoms with E-state index >= 15 is 0 Å². The van der Waals surface area contributed by atoms with Crippen LogP contribution in [0.1, 0.15) is 20.9 Å². The van der Waals surface area contributed by atoms with Crippen molar-refractivity contribution in [3.8, 4) is 11.5 Å². The summed E-state index contributed by atoms with van der Waals surface area (Å²) >= 11 is 1.44. The minimum absolute atomic E-state index is 0.0201. The molecule has 0 unspecified atom stereocenters. The largest absolute Gasteiger partial charge is 0.504 e. The predicted molar refractivity (Wildman–Crippen MR) is 83.2 cm³/mol. The molecule has 3 aromatic rings. The number of nitrogens with zero attached hydrogens (tertiary/aromatic N) is 1. The number of thiazole rings is 1. The Balaban J connectivity index is 1.76. The lowest BCUT2D eigenvalue weighted by atomic mass is 10.1. The van der Waals surface area contributed by atoms with Crippen molar-refractivity contribution in [1.29, 1.82) is 0 Å². The average molecular weight is 315 g/mol. The van der Waals surface area contributed by atoms with Crippen molar-refractivity contribution in [2.75, 3.05) is 0 Å². The quantitative estimate of drug-likeness (QED) is 0.572. The van der Waals surface area contributed by atoms with Gasteiger partial charge in [-0.15, -0.1) is 11.3 Å². The maximum absolute atomic E-state index is 12.0. The number of hydrogen-bond donors (Lipinski definition) is 2. The highest BCUT2D eigenvalue weighted by Crippen LogP contribution is 2.32. The smallest absolute Gasteiger partial charge is 0.342 e. The molecule has 0 aliphatic heterocycles. The molecule has 0 spiro atoms. The van der Waals surface area contributed by atoms with Gasteiger partial charge in [0, 0.05) is 0 Å². The van der Waals surface area contributed by atoms with Gasteiger partial charge >= 0.3 is 5.97 Å². The normalized spacial score (nSPS) is 10.8. The molecule has 0 bridgehead atoms. The van der Waals surface area contributed by atoms with E-state index in [4.69, 9.17) is 4.74 Å². The molecule has 0 saturated carbocycles. The number of aromatic hydroxyl groups is 2. The summed E-state index contributed by atoms with van der Waals surface area (Å²) in [6.07, 6.45) is 0. The molecular formula is C16H13NO4S. The summed E-state index contributed by atoms with van der Waals surface area (Å²) in [5.74, 6) is -1.48. The number of ether oxygens (including phenoxy) is 1. The number of para-hydroxylation sites is 1. The lowest BCUT2D eigenvalue weighted by Crippen LogP contribution is -2.05. The van der Waals surface area contributed by atoms with Crippen LogP contribution in [0.4, 0.5) is 0 Å². The fraction of sp³-hybridized carbons (Fsp3) is 0.125. The molecule has 22 heavy (non-hydrogen) atoms. The molecule has 1 heterocycles. The van der Waals surface area contributed by atoms with Crippen molar-refractivity contribution in [1.82, 2.24) is 4.98 Å². The number of aryl methyl sites for hydroxylation is 1. The zero-order valence-corrected chi connectivity index (χ0v) is 12.6. The Hall–Kier alpha value is -2.60. The Bertz CT molecular complexity index is 823. The average Bonchev–Trinajstić information content (AvgIpc) is 2.93. The van der Waals surface area contributed by atoms with E-state index in [0.717, 1.165) is 10.2 Å². The molecule has 0 radical (unpaired) electrons. The van der Waals surface area contributed by atoms with E-state index < -0.39 is 11.7 Å². The van der Waals surface area contributed by atoms with Gasteiger partial charge in [-0.1, -0.05) is 18.2 Å². The third-order valence-corrected chi connectivity index (χ3v) is 4.25. The molecule has 0 atom stereocenters. The summed E-state index contributed by atoms with van der Waals surface area (Å²) in [6, 6.07) is 10.6. The van der Waals surface area contributed by atoms with Gasteiger partial charge in [0.25, 0.3) is 0 Å². The maximum atomic E-state index is 12.0. The minimum atomic E-state index is -0.702. The summed E-state index contributed by atoms with van der Waals surface area (Å²) in [5, 5.41) is 20.1. The first-order chi connectivity index (χ1) is 10.6. The molecule has 3 rings (SSSR count). The number of esters is 1. The van der Waals surface area contributed by atoms with Crippen LogP contribution in [0.2, 0.25) is 0 Å². The second kappa shape index (κ2) is 5.65. The Kier molecular flexibility index (Phi) is 3.68. The van der Waals surface area contributed by atoms with Crippen LogP contribution in [-0.4, -0.2) is 21.2 Å². The first kappa shape index (κ1) is 14.3. The molecule has 0 fully saturated rings. The van der Waals surface area contributed by atoms with Gasteiger partial charge < -0.3 is 14.9 Å². The van der Waals surface area contributed by atoms with E-state index in [1.54, 1.807) is 13.0 Å². The number of phenolic OH excluding ortho intramolecular Hbond substituents is 2. The van der Waals surface area contributed by atoms with Crippen LogP contribution in [0.25, 0.3) is 10.2 Å². The molecule has 112 valence electrons. The van der Waals surface area contributed by atoms with Crippen LogP contribution >= 0.6 is 11.3 Å². The summed E-state index contributed by atoms with van der Waals surface area (Å²) in [5.41, 5.74) is 1.28. The molecule has 0 aliphatic carbocycles. The van der Waals surface area contributed by atoms with Gasteiger partial charge in [-0.3, -0.25) is 0 Å². The number of fused-ring (bicyclic) bond motifs is 1. The van der Waals surface area contributed by atoms with Gasteiger partial charge in [0.2, 0.25) is 0 Å². The Morgan fingerprint density at radius 1 is 1.18 bits per heavy atom. The van der Waals surface area contributed by atoms with E-state index in [2.05, 4.69) is 4.98 Å². The third kappa shape index (κ3) is 2.60. The summed E-state index contributed by atoms with van der Waals surface area (Å²) in [7, 11) is 0. The van der Waals surface area contributed by atoms with E-state index in [1.807, 2.05) is 24.3 Å². The van der Waals surface area contributed by atoms with Crippen molar-refractivity contribution in [2.24, 2.45) is 0 Å². The van der Waals surface area contributed by atoms with Gasteiger partial charge in [0.15, 0.2) is 11.5 Å². The highest BCUT2D eigenvalue weighted by molar-refractivity contribution is 7.18. The fourth-order valence-corrected chi connectivity index (χ4v) is 2.91. The van der Waals surface area contributed by atoms with Crippen LogP contribution in [-0.2, 0) is 11.3 Å². The van der Waals surface area contributed by atoms with Gasteiger partial charge in [0.1, 0.15) is 17.2 Å². The monoisotopic (exact) mass is 315 g/mol. The second-order valence-corrected chi connectivity index (χ2v) is 5.89. The fourth-order valence-electron chi connectivity index (χ4n) is 2.03. The number of carbonyl (C=O) groups is 1. The highest BCUT2D eigenvalue weighted by Gasteiger charge is 2.17. The number of benzene rings is 2. The van der Waals surface area contributed by atoms with Crippen molar-refractivity contribution < 1.29 is 19.7 Å². The second-order valence-electron chi connectivity index (χ2n) is 4.78. The van der Waals surface area contributed by atoms with Gasteiger partial charge in [-0.2, -0.15) is 0 Å². The number of hydrogen-bond acceptors (Lipinski definition) is 6. The first-order valence-electron chi connectivity index (χ1n) is 6.59. The summed E-state index contributed by atoms with van der Waals surface area (Å²) in [4.78, 5) is 16.4. The Labute approximate surface area is 130 Å².